The Bertz CT molecular complexity index is 281. The highest BCUT2D eigenvalue weighted by Gasteiger charge is 2.01. The Balaban J connectivity index is 2.47. The summed E-state index contributed by atoms with van der Waals surface area (Å²) in [5.41, 5.74) is 0. The number of halogens is 1. The zero-order valence-electron chi connectivity index (χ0n) is 8.53. The van der Waals surface area contributed by atoms with Crippen molar-refractivity contribution in [1.82, 2.24) is 4.98 Å². The van der Waals surface area contributed by atoms with Crippen molar-refractivity contribution in [2.45, 2.75) is 6.42 Å². The zero-order chi connectivity index (χ0) is 10.4. The number of hydrogen-bond donors (Lipinski definition) is 0. The smallest absolute Gasteiger partial charge is 0.129 e. The maximum absolute atomic E-state index is 5.00. The van der Waals surface area contributed by atoms with Gasteiger partial charge in [0.1, 0.15) is 10.4 Å². The predicted molar refractivity (Wildman–Crippen MR) is 61.7 cm³/mol. The molecule has 0 atom stereocenters. The monoisotopic (exact) mass is 258 g/mol. The van der Waals surface area contributed by atoms with Gasteiger partial charge in [-0.05, 0) is 34.5 Å². The van der Waals surface area contributed by atoms with Gasteiger partial charge in [0.25, 0.3) is 0 Å². The van der Waals surface area contributed by atoms with E-state index < -0.39 is 0 Å². The van der Waals surface area contributed by atoms with Crippen LogP contribution in [0.1, 0.15) is 6.42 Å². The van der Waals surface area contributed by atoms with Crippen LogP contribution in [0.2, 0.25) is 0 Å². The first-order valence-electron chi connectivity index (χ1n) is 4.56. The van der Waals surface area contributed by atoms with E-state index in [4.69, 9.17) is 4.74 Å². The molecule has 0 aliphatic carbocycles. The Morgan fingerprint density at radius 1 is 1.50 bits per heavy atom. The van der Waals surface area contributed by atoms with E-state index in [1.54, 1.807) is 7.11 Å². The number of methoxy groups -OCH3 is 1. The largest absolute Gasteiger partial charge is 0.385 e. The molecule has 1 aromatic rings. The minimum Gasteiger partial charge on any atom is -0.385 e. The van der Waals surface area contributed by atoms with Crippen molar-refractivity contribution < 1.29 is 4.74 Å². The molecule has 0 bridgehead atoms. The van der Waals surface area contributed by atoms with Crippen LogP contribution in [-0.2, 0) is 4.74 Å². The van der Waals surface area contributed by atoms with E-state index >= 15 is 0 Å². The molecule has 0 N–H and O–H groups in total. The van der Waals surface area contributed by atoms with Gasteiger partial charge in [0.2, 0.25) is 0 Å². The van der Waals surface area contributed by atoms with Gasteiger partial charge in [-0.25, -0.2) is 4.98 Å². The Morgan fingerprint density at radius 2 is 2.29 bits per heavy atom. The molecule has 0 radical (unpaired) electrons. The highest BCUT2D eigenvalue weighted by atomic mass is 79.9. The van der Waals surface area contributed by atoms with Gasteiger partial charge < -0.3 is 9.64 Å². The summed E-state index contributed by atoms with van der Waals surface area (Å²) in [6.07, 6.45) is 1.02. The number of anilines is 1. The fraction of sp³-hybridized carbons (Fsp3) is 0.500. The lowest BCUT2D eigenvalue weighted by Crippen LogP contribution is -2.20. The SMILES string of the molecule is COCCCN(C)c1cccc(Br)n1. The van der Waals surface area contributed by atoms with Crippen LogP contribution in [-0.4, -0.2) is 32.3 Å². The number of hydrogen-bond acceptors (Lipinski definition) is 3. The molecule has 1 rings (SSSR count). The second-order valence-electron chi connectivity index (χ2n) is 3.09. The van der Waals surface area contributed by atoms with Gasteiger partial charge in [-0.15, -0.1) is 0 Å². The van der Waals surface area contributed by atoms with E-state index in [0.717, 1.165) is 30.0 Å². The molecule has 1 aromatic heterocycles. The third-order valence-electron chi connectivity index (χ3n) is 1.93. The molecule has 0 aromatic carbocycles. The number of rotatable bonds is 5. The summed E-state index contributed by atoms with van der Waals surface area (Å²) in [4.78, 5) is 6.47. The Hall–Kier alpha value is -0.610. The van der Waals surface area contributed by atoms with Crippen LogP contribution < -0.4 is 4.90 Å². The van der Waals surface area contributed by atoms with E-state index in [-0.39, 0.29) is 0 Å². The quantitative estimate of drug-likeness (QED) is 0.599. The van der Waals surface area contributed by atoms with E-state index in [9.17, 15) is 0 Å². The maximum atomic E-state index is 5.00. The molecule has 3 nitrogen and oxygen atoms in total. The van der Waals surface area contributed by atoms with Gasteiger partial charge >= 0.3 is 0 Å². The van der Waals surface area contributed by atoms with Gasteiger partial charge in [-0.1, -0.05) is 6.07 Å². The number of aromatic nitrogens is 1. The Labute approximate surface area is 93.2 Å². The first-order chi connectivity index (χ1) is 6.74. The summed E-state index contributed by atoms with van der Waals surface area (Å²) in [7, 11) is 3.75. The topological polar surface area (TPSA) is 25.4 Å². The van der Waals surface area contributed by atoms with Gasteiger partial charge in [0.15, 0.2) is 0 Å². The van der Waals surface area contributed by atoms with Gasteiger partial charge in [0.05, 0.1) is 0 Å². The van der Waals surface area contributed by atoms with Gasteiger partial charge in [-0.2, -0.15) is 0 Å². The fourth-order valence-corrected chi connectivity index (χ4v) is 1.51. The zero-order valence-corrected chi connectivity index (χ0v) is 10.1. The lowest BCUT2D eigenvalue weighted by atomic mass is 10.4. The molecule has 0 unspecified atom stereocenters. The summed E-state index contributed by atoms with van der Waals surface area (Å²) in [6.45, 7) is 1.75. The van der Waals surface area contributed by atoms with Crippen molar-refractivity contribution in [2.75, 3.05) is 32.2 Å². The summed E-state index contributed by atoms with van der Waals surface area (Å²) in [5.74, 6) is 0.982. The summed E-state index contributed by atoms with van der Waals surface area (Å²) < 4.78 is 5.86. The van der Waals surface area contributed by atoms with Crippen LogP contribution in [0.25, 0.3) is 0 Å². The Morgan fingerprint density at radius 3 is 2.93 bits per heavy atom. The molecule has 0 spiro atoms. The molecule has 0 aliphatic rings. The molecule has 0 amide bonds. The van der Waals surface area contributed by atoms with Crippen molar-refractivity contribution in [3.63, 3.8) is 0 Å². The standard InChI is InChI=1S/C10H15BrN2O/c1-13(7-4-8-14-2)10-6-3-5-9(11)12-10/h3,5-6H,4,7-8H2,1-2H3. The second-order valence-corrected chi connectivity index (χ2v) is 3.90. The lowest BCUT2D eigenvalue weighted by molar-refractivity contribution is 0.196. The van der Waals surface area contributed by atoms with Crippen LogP contribution in [0.4, 0.5) is 5.82 Å². The van der Waals surface area contributed by atoms with E-state index in [1.165, 1.54) is 0 Å². The molecule has 0 saturated carbocycles. The van der Waals surface area contributed by atoms with Gasteiger partial charge in [0, 0.05) is 27.3 Å². The van der Waals surface area contributed by atoms with Gasteiger partial charge in [-0.3, -0.25) is 0 Å². The molecule has 0 fully saturated rings. The molecular formula is C10H15BrN2O. The number of ether oxygens (including phenoxy) is 1. The molecule has 4 heteroatoms. The van der Waals surface area contributed by atoms with Crippen LogP contribution >= 0.6 is 15.9 Å². The van der Waals surface area contributed by atoms with Crippen molar-refractivity contribution in [2.24, 2.45) is 0 Å². The van der Waals surface area contributed by atoms with Crippen molar-refractivity contribution in [3.8, 4) is 0 Å². The average Bonchev–Trinajstić information content (AvgIpc) is 2.18. The minimum absolute atomic E-state index is 0.790. The predicted octanol–water partition coefficient (Wildman–Crippen LogP) is 2.32. The van der Waals surface area contributed by atoms with E-state index in [0.29, 0.717) is 0 Å². The molecule has 1 heterocycles. The number of nitrogens with zero attached hydrogens (tertiary/aromatic N) is 2. The molecule has 0 aliphatic heterocycles. The summed E-state index contributed by atoms with van der Waals surface area (Å²) in [5, 5.41) is 0. The average molecular weight is 259 g/mol. The Kier molecular flexibility index (Phi) is 4.90. The first-order valence-corrected chi connectivity index (χ1v) is 5.36. The third-order valence-corrected chi connectivity index (χ3v) is 2.38. The number of pyridine rings is 1. The van der Waals surface area contributed by atoms with Crippen LogP contribution in [0.5, 0.6) is 0 Å². The lowest BCUT2D eigenvalue weighted by Gasteiger charge is -2.17. The molecule has 78 valence electrons. The second kappa shape index (κ2) is 5.98. The van der Waals surface area contributed by atoms with Crippen LogP contribution in [0, 0.1) is 0 Å². The van der Waals surface area contributed by atoms with E-state index in [1.807, 2.05) is 25.2 Å². The van der Waals surface area contributed by atoms with E-state index in [2.05, 4.69) is 25.8 Å². The minimum atomic E-state index is 0.790. The molecule has 0 saturated heterocycles. The highest BCUT2D eigenvalue weighted by molar-refractivity contribution is 9.10. The maximum Gasteiger partial charge on any atom is 0.129 e. The summed E-state index contributed by atoms with van der Waals surface area (Å²) >= 11 is 3.35. The highest BCUT2D eigenvalue weighted by Crippen LogP contribution is 2.13. The molecule has 14 heavy (non-hydrogen) atoms. The first kappa shape index (κ1) is 11.5. The third kappa shape index (κ3) is 3.64. The van der Waals surface area contributed by atoms with Crippen molar-refractivity contribution in [1.29, 1.82) is 0 Å². The van der Waals surface area contributed by atoms with Crippen LogP contribution in [0.3, 0.4) is 0 Å². The summed E-state index contributed by atoms with van der Waals surface area (Å²) in [6, 6.07) is 5.91. The van der Waals surface area contributed by atoms with Crippen LogP contribution in [0.15, 0.2) is 22.8 Å². The van der Waals surface area contributed by atoms with Crippen molar-refractivity contribution in [3.05, 3.63) is 22.8 Å². The molecular weight excluding hydrogens is 244 g/mol. The fourth-order valence-electron chi connectivity index (χ4n) is 1.17. The van der Waals surface area contributed by atoms with Crippen molar-refractivity contribution >= 4 is 21.7 Å². The normalized spacial score (nSPS) is 10.2.